The summed E-state index contributed by atoms with van der Waals surface area (Å²) in [7, 11) is 1.62. The molecule has 0 saturated carbocycles. The average molecular weight is 486 g/mol. The lowest BCUT2D eigenvalue weighted by Crippen LogP contribution is -2.12. The highest BCUT2D eigenvalue weighted by atomic mass is 35.5. The number of methoxy groups -OCH3 is 1. The lowest BCUT2D eigenvalue weighted by Gasteiger charge is -2.18. The van der Waals surface area contributed by atoms with Crippen LogP contribution in [0.5, 0.6) is 11.5 Å². The molecule has 0 aliphatic carbocycles. The topological polar surface area (TPSA) is 49.2 Å². The molecule has 4 aromatic rings. The fourth-order valence-corrected chi connectivity index (χ4v) is 4.42. The van der Waals surface area contributed by atoms with Gasteiger partial charge in [0.2, 0.25) is 0 Å². The van der Waals surface area contributed by atoms with E-state index in [1.165, 1.54) is 0 Å². The Bertz CT molecular complexity index is 1200. The maximum absolute atomic E-state index is 6.20. The largest absolute Gasteiger partial charge is 0.493 e. The average Bonchev–Trinajstić information content (AvgIpc) is 3.25. The molecule has 0 radical (unpaired) electrons. The Morgan fingerprint density at radius 2 is 1.62 bits per heavy atom. The molecule has 5 nitrogen and oxygen atoms in total. The molecule has 0 N–H and O–H groups in total. The van der Waals surface area contributed by atoms with Crippen molar-refractivity contribution in [3.63, 3.8) is 0 Å². The van der Waals surface area contributed by atoms with Crippen molar-refractivity contribution < 1.29 is 9.47 Å². The van der Waals surface area contributed by atoms with Gasteiger partial charge in [0.05, 0.1) is 17.2 Å². The molecule has 1 unspecified atom stereocenters. The lowest BCUT2D eigenvalue weighted by molar-refractivity contribution is 0.204. The number of halogens is 2. The van der Waals surface area contributed by atoms with Gasteiger partial charge >= 0.3 is 0 Å². The second-order valence-corrected chi connectivity index (χ2v) is 8.72. The number of benzene rings is 3. The van der Waals surface area contributed by atoms with Gasteiger partial charge in [-0.1, -0.05) is 71.4 Å². The summed E-state index contributed by atoms with van der Waals surface area (Å²) < 4.78 is 13.6. The number of hydrogen-bond acceptors (Lipinski definition) is 5. The first-order valence-corrected chi connectivity index (χ1v) is 11.7. The van der Waals surface area contributed by atoms with Gasteiger partial charge in [0.15, 0.2) is 28.6 Å². The Kier molecular flexibility index (Phi) is 7.25. The number of aromatic nitrogens is 3. The number of para-hydroxylation sites is 3. The zero-order valence-electron chi connectivity index (χ0n) is 17.5. The Labute approximate surface area is 201 Å². The summed E-state index contributed by atoms with van der Waals surface area (Å²) >= 11 is 13.8. The molecule has 3 aromatic carbocycles. The van der Waals surface area contributed by atoms with Crippen LogP contribution in [0.2, 0.25) is 10.0 Å². The molecular weight excluding hydrogens is 465 g/mol. The summed E-state index contributed by atoms with van der Waals surface area (Å²) in [5.41, 5.74) is 2.01. The van der Waals surface area contributed by atoms with Gasteiger partial charge < -0.3 is 9.47 Å². The second-order valence-electron chi connectivity index (χ2n) is 6.96. The fourth-order valence-electron chi connectivity index (χ4n) is 3.19. The Morgan fingerprint density at radius 1 is 0.906 bits per heavy atom. The molecule has 0 fully saturated rings. The van der Waals surface area contributed by atoms with Gasteiger partial charge in [0, 0.05) is 11.4 Å². The Balaban J connectivity index is 1.64. The van der Waals surface area contributed by atoms with Crippen LogP contribution in [0.4, 0.5) is 0 Å². The minimum atomic E-state index is -0.363. The summed E-state index contributed by atoms with van der Waals surface area (Å²) in [6.45, 7) is 1.95. The molecule has 4 rings (SSSR count). The quantitative estimate of drug-likeness (QED) is 0.251. The Hall–Kier alpha value is -2.67. The highest BCUT2D eigenvalue weighted by Crippen LogP contribution is 2.33. The fraction of sp³-hybridized carbons (Fsp3) is 0.167. The third-order valence-corrected chi connectivity index (χ3v) is 6.50. The molecular formula is C24H21Cl2N3O2S. The number of nitrogens with zero attached hydrogens (tertiary/aromatic N) is 3. The highest BCUT2D eigenvalue weighted by Gasteiger charge is 2.22. The second kappa shape index (κ2) is 10.3. The van der Waals surface area contributed by atoms with E-state index in [0.29, 0.717) is 33.1 Å². The summed E-state index contributed by atoms with van der Waals surface area (Å²) in [6, 6.07) is 23.2. The molecule has 0 saturated heterocycles. The van der Waals surface area contributed by atoms with Crippen LogP contribution in [0.3, 0.4) is 0 Å². The normalized spacial score (nSPS) is 11.9. The summed E-state index contributed by atoms with van der Waals surface area (Å²) in [5, 5.41) is 10.8. The van der Waals surface area contributed by atoms with E-state index in [2.05, 4.69) is 10.2 Å². The molecule has 32 heavy (non-hydrogen) atoms. The van der Waals surface area contributed by atoms with Crippen molar-refractivity contribution >= 4 is 35.0 Å². The molecule has 8 heteroatoms. The molecule has 0 aliphatic rings. The zero-order chi connectivity index (χ0) is 22.5. The van der Waals surface area contributed by atoms with Crippen molar-refractivity contribution in [2.24, 2.45) is 0 Å². The monoisotopic (exact) mass is 485 g/mol. The van der Waals surface area contributed by atoms with Gasteiger partial charge in [-0.05, 0) is 48.9 Å². The third kappa shape index (κ3) is 5.04. The molecule has 0 spiro atoms. The summed E-state index contributed by atoms with van der Waals surface area (Å²) in [6.07, 6.45) is -0.363. The standard InChI is InChI=1S/C24H21Cl2N3O2S/c1-16(31-22-11-7-6-10-21(22)30-2)23-27-28-24(29(23)18-8-4-3-5-9-18)32-15-17-12-13-19(25)20(26)14-17/h3-14,16H,15H2,1-2H3. The van der Waals surface area contributed by atoms with Crippen molar-refractivity contribution in [1.82, 2.24) is 14.8 Å². The van der Waals surface area contributed by atoms with E-state index in [9.17, 15) is 0 Å². The predicted octanol–water partition coefficient (Wildman–Crippen LogP) is 7.02. The first-order valence-electron chi connectivity index (χ1n) is 9.94. The SMILES string of the molecule is COc1ccccc1OC(C)c1nnc(SCc2ccc(Cl)c(Cl)c2)n1-c1ccccc1. The van der Waals surface area contributed by atoms with Crippen LogP contribution in [0.15, 0.2) is 78.0 Å². The lowest BCUT2D eigenvalue weighted by atomic mass is 10.2. The van der Waals surface area contributed by atoms with Crippen LogP contribution >= 0.6 is 35.0 Å². The highest BCUT2D eigenvalue weighted by molar-refractivity contribution is 7.98. The predicted molar refractivity (Wildman–Crippen MR) is 129 cm³/mol. The van der Waals surface area contributed by atoms with Crippen LogP contribution < -0.4 is 9.47 Å². The van der Waals surface area contributed by atoms with Gasteiger partial charge in [0.25, 0.3) is 0 Å². The van der Waals surface area contributed by atoms with Gasteiger partial charge in [-0.2, -0.15) is 0 Å². The van der Waals surface area contributed by atoms with Crippen LogP contribution in [0.1, 0.15) is 24.4 Å². The third-order valence-electron chi connectivity index (χ3n) is 4.76. The van der Waals surface area contributed by atoms with Gasteiger partial charge in [-0.15, -0.1) is 10.2 Å². The van der Waals surface area contributed by atoms with E-state index >= 15 is 0 Å². The van der Waals surface area contributed by atoms with Gasteiger partial charge in [0.1, 0.15) is 0 Å². The maximum atomic E-state index is 6.20. The van der Waals surface area contributed by atoms with Gasteiger partial charge in [-0.25, -0.2) is 0 Å². The molecule has 0 bridgehead atoms. The number of hydrogen-bond donors (Lipinski definition) is 0. The number of thioether (sulfide) groups is 1. The van der Waals surface area contributed by atoms with Crippen LogP contribution in [-0.2, 0) is 5.75 Å². The minimum Gasteiger partial charge on any atom is -0.493 e. The van der Waals surface area contributed by atoms with Crippen LogP contribution in [0.25, 0.3) is 5.69 Å². The van der Waals surface area contributed by atoms with Crippen LogP contribution in [0, 0.1) is 0 Å². The first-order chi connectivity index (χ1) is 15.6. The smallest absolute Gasteiger partial charge is 0.196 e. The molecule has 1 aromatic heterocycles. The molecule has 1 heterocycles. The minimum absolute atomic E-state index is 0.363. The van der Waals surface area contributed by atoms with E-state index in [1.807, 2.05) is 78.2 Å². The van der Waals surface area contributed by atoms with Crippen LogP contribution in [-0.4, -0.2) is 21.9 Å². The van der Waals surface area contributed by atoms with Crippen molar-refractivity contribution in [1.29, 1.82) is 0 Å². The van der Waals surface area contributed by atoms with Crippen molar-refractivity contribution in [3.8, 4) is 17.2 Å². The summed E-state index contributed by atoms with van der Waals surface area (Å²) in [4.78, 5) is 0. The maximum Gasteiger partial charge on any atom is 0.196 e. The van der Waals surface area contributed by atoms with E-state index in [1.54, 1.807) is 24.9 Å². The number of ether oxygens (including phenoxy) is 2. The van der Waals surface area contributed by atoms with E-state index < -0.39 is 0 Å². The summed E-state index contributed by atoms with van der Waals surface area (Å²) in [5.74, 6) is 2.68. The van der Waals surface area contributed by atoms with Gasteiger partial charge in [-0.3, -0.25) is 4.57 Å². The van der Waals surface area contributed by atoms with Crippen molar-refractivity contribution in [2.45, 2.75) is 23.9 Å². The van der Waals surface area contributed by atoms with Crippen molar-refractivity contribution in [2.75, 3.05) is 7.11 Å². The van der Waals surface area contributed by atoms with E-state index in [4.69, 9.17) is 32.7 Å². The number of rotatable bonds is 8. The molecule has 0 aliphatic heterocycles. The van der Waals surface area contributed by atoms with E-state index in [0.717, 1.165) is 16.4 Å². The molecule has 0 amide bonds. The first kappa shape index (κ1) is 22.5. The van der Waals surface area contributed by atoms with Crippen molar-refractivity contribution in [3.05, 3.63) is 94.2 Å². The Morgan fingerprint density at radius 3 is 2.34 bits per heavy atom. The molecule has 164 valence electrons. The molecule has 1 atom stereocenters. The zero-order valence-corrected chi connectivity index (χ0v) is 19.9. The van der Waals surface area contributed by atoms with E-state index in [-0.39, 0.29) is 6.10 Å².